The molecule has 0 saturated carbocycles. The monoisotopic (exact) mass is 390 g/mol. The van der Waals surface area contributed by atoms with Crippen LogP contribution in [0.2, 0.25) is 0 Å². The first kappa shape index (κ1) is 17.8. The van der Waals surface area contributed by atoms with E-state index in [0.29, 0.717) is 15.8 Å². The van der Waals surface area contributed by atoms with Gasteiger partial charge >= 0.3 is 5.97 Å². The number of carbonyl (C=O) groups excluding carboxylic acids is 2. The van der Waals surface area contributed by atoms with E-state index in [-0.39, 0.29) is 34.9 Å². The van der Waals surface area contributed by atoms with Crippen molar-refractivity contribution in [2.24, 2.45) is 0 Å². The van der Waals surface area contributed by atoms with Gasteiger partial charge < -0.3 is 9.72 Å². The summed E-state index contributed by atoms with van der Waals surface area (Å²) in [6.07, 6.45) is 0. The molecule has 0 spiro atoms. The number of benzene rings is 2. The zero-order valence-electron chi connectivity index (χ0n) is 14.5. The summed E-state index contributed by atoms with van der Waals surface area (Å²) in [6.45, 7) is -0.201. The molecule has 6 nitrogen and oxygen atoms in total. The minimum Gasteiger partial charge on any atom is -0.454 e. The second kappa shape index (κ2) is 7.58. The van der Waals surface area contributed by atoms with Gasteiger partial charge in [-0.3, -0.25) is 9.59 Å². The average molecular weight is 390 g/mol. The van der Waals surface area contributed by atoms with E-state index in [2.05, 4.69) is 9.97 Å². The van der Waals surface area contributed by atoms with E-state index in [1.165, 1.54) is 17.4 Å². The molecule has 0 fully saturated rings. The lowest BCUT2D eigenvalue weighted by atomic mass is 9.98. The van der Waals surface area contributed by atoms with Crippen molar-refractivity contribution in [2.75, 3.05) is 0 Å². The highest BCUT2D eigenvalue weighted by molar-refractivity contribution is 7.17. The van der Waals surface area contributed by atoms with Crippen LogP contribution in [0, 0.1) is 0 Å². The summed E-state index contributed by atoms with van der Waals surface area (Å²) in [4.78, 5) is 44.2. The number of hydrogen-bond donors (Lipinski definition) is 1. The number of carbonyl (C=O) groups is 2. The van der Waals surface area contributed by atoms with Crippen molar-refractivity contribution < 1.29 is 14.3 Å². The number of aromatic nitrogens is 2. The number of aromatic amines is 1. The number of esters is 1. The van der Waals surface area contributed by atoms with Gasteiger partial charge in [0.1, 0.15) is 17.1 Å². The molecule has 0 aliphatic heterocycles. The zero-order valence-corrected chi connectivity index (χ0v) is 15.4. The van der Waals surface area contributed by atoms with E-state index in [9.17, 15) is 14.4 Å². The number of rotatable bonds is 5. The fourth-order valence-corrected chi connectivity index (χ4v) is 3.53. The Morgan fingerprint density at radius 2 is 1.68 bits per heavy atom. The maximum atomic E-state index is 12.7. The van der Waals surface area contributed by atoms with Crippen LogP contribution in [0.25, 0.3) is 10.2 Å². The van der Waals surface area contributed by atoms with E-state index in [0.717, 1.165) is 0 Å². The molecule has 0 saturated heterocycles. The van der Waals surface area contributed by atoms with Crippen LogP contribution in [0.1, 0.15) is 32.1 Å². The van der Waals surface area contributed by atoms with Crippen LogP contribution in [0.5, 0.6) is 0 Å². The molecule has 0 bridgehead atoms. The van der Waals surface area contributed by atoms with Crippen LogP contribution in [0.15, 0.2) is 70.8 Å². The van der Waals surface area contributed by atoms with E-state index in [4.69, 9.17) is 4.74 Å². The minimum absolute atomic E-state index is 0.162. The normalized spacial score (nSPS) is 10.7. The predicted molar refractivity (Wildman–Crippen MR) is 106 cm³/mol. The number of hydrogen-bond acceptors (Lipinski definition) is 6. The highest BCUT2D eigenvalue weighted by Gasteiger charge is 2.19. The van der Waals surface area contributed by atoms with Gasteiger partial charge in [-0.05, 0) is 17.5 Å². The van der Waals surface area contributed by atoms with Gasteiger partial charge in [-0.15, -0.1) is 11.3 Å². The van der Waals surface area contributed by atoms with Crippen molar-refractivity contribution in [1.82, 2.24) is 9.97 Å². The summed E-state index contributed by atoms with van der Waals surface area (Å²) in [6, 6.07) is 16.9. The van der Waals surface area contributed by atoms with Gasteiger partial charge in [0.25, 0.3) is 5.56 Å². The van der Waals surface area contributed by atoms with E-state index in [1.807, 2.05) is 6.07 Å². The fraction of sp³-hybridized carbons (Fsp3) is 0.0476. The van der Waals surface area contributed by atoms with Crippen molar-refractivity contribution in [3.05, 3.63) is 98.9 Å². The van der Waals surface area contributed by atoms with Crippen molar-refractivity contribution in [3.63, 3.8) is 0 Å². The van der Waals surface area contributed by atoms with E-state index >= 15 is 0 Å². The van der Waals surface area contributed by atoms with Gasteiger partial charge in [-0.1, -0.05) is 48.5 Å². The molecule has 7 heteroatoms. The number of ether oxygens (including phenoxy) is 1. The van der Waals surface area contributed by atoms with E-state index < -0.39 is 5.97 Å². The molecule has 2 heterocycles. The summed E-state index contributed by atoms with van der Waals surface area (Å²) in [5, 5.41) is 1.77. The van der Waals surface area contributed by atoms with Gasteiger partial charge in [0.2, 0.25) is 0 Å². The summed E-state index contributed by atoms with van der Waals surface area (Å²) in [7, 11) is 0. The Balaban J connectivity index is 1.57. The lowest BCUT2D eigenvalue weighted by Gasteiger charge is -2.09. The lowest BCUT2D eigenvalue weighted by Crippen LogP contribution is -2.15. The Bertz CT molecular complexity index is 1230. The number of H-pyrrole nitrogens is 1. The Morgan fingerprint density at radius 3 is 2.46 bits per heavy atom. The number of nitrogens with zero attached hydrogens (tertiary/aromatic N) is 1. The lowest BCUT2D eigenvalue weighted by molar-refractivity contribution is 0.0460. The average Bonchev–Trinajstić information content (AvgIpc) is 3.21. The molecule has 2 aromatic carbocycles. The molecule has 1 N–H and O–H groups in total. The van der Waals surface area contributed by atoms with Crippen molar-refractivity contribution >= 4 is 33.3 Å². The van der Waals surface area contributed by atoms with Gasteiger partial charge in [-0.25, -0.2) is 9.78 Å². The minimum atomic E-state index is -0.659. The summed E-state index contributed by atoms with van der Waals surface area (Å²) >= 11 is 1.30. The highest BCUT2D eigenvalue weighted by atomic mass is 32.1. The van der Waals surface area contributed by atoms with Gasteiger partial charge in [0.05, 0.1) is 11.1 Å². The number of thiophene rings is 1. The Kier molecular flexibility index (Phi) is 4.82. The van der Waals surface area contributed by atoms with Crippen molar-refractivity contribution in [1.29, 1.82) is 0 Å². The summed E-state index contributed by atoms with van der Waals surface area (Å²) in [5.74, 6) is -0.677. The molecule has 0 radical (unpaired) electrons. The largest absolute Gasteiger partial charge is 0.454 e. The molecule has 2 aromatic heterocycles. The highest BCUT2D eigenvalue weighted by Crippen LogP contribution is 2.17. The first-order chi connectivity index (χ1) is 13.6. The maximum absolute atomic E-state index is 12.7. The maximum Gasteiger partial charge on any atom is 0.339 e. The first-order valence-corrected chi connectivity index (χ1v) is 9.34. The third-order valence-electron chi connectivity index (χ3n) is 4.13. The zero-order chi connectivity index (χ0) is 19.5. The first-order valence-electron chi connectivity index (χ1n) is 8.46. The molecule has 138 valence electrons. The second-order valence-electron chi connectivity index (χ2n) is 5.96. The van der Waals surface area contributed by atoms with Crippen LogP contribution in [-0.4, -0.2) is 21.7 Å². The summed E-state index contributed by atoms with van der Waals surface area (Å²) < 4.78 is 5.82. The van der Waals surface area contributed by atoms with Crippen LogP contribution in [-0.2, 0) is 11.3 Å². The molecule has 0 atom stereocenters. The van der Waals surface area contributed by atoms with Crippen LogP contribution >= 0.6 is 11.3 Å². The topological polar surface area (TPSA) is 89.1 Å². The SMILES string of the molecule is O=C(OCc1nc2ccsc2c(=O)[nH]1)c1ccccc1C(=O)c1ccccc1. The van der Waals surface area contributed by atoms with E-state index in [1.54, 1.807) is 53.9 Å². The molecule has 0 aliphatic carbocycles. The van der Waals surface area contributed by atoms with Gasteiger partial charge in [-0.2, -0.15) is 0 Å². The van der Waals surface area contributed by atoms with Gasteiger partial charge in [0.15, 0.2) is 5.78 Å². The van der Waals surface area contributed by atoms with Crippen LogP contribution in [0.4, 0.5) is 0 Å². The predicted octanol–water partition coefficient (Wildman–Crippen LogP) is 3.57. The number of fused-ring (bicyclic) bond motifs is 1. The molecule has 0 unspecified atom stereocenters. The molecular formula is C21H14N2O4S. The third kappa shape index (κ3) is 3.47. The molecule has 28 heavy (non-hydrogen) atoms. The third-order valence-corrected chi connectivity index (χ3v) is 5.03. The molecule has 0 amide bonds. The van der Waals surface area contributed by atoms with Crippen molar-refractivity contribution in [3.8, 4) is 0 Å². The van der Waals surface area contributed by atoms with Gasteiger partial charge in [0, 0.05) is 11.1 Å². The Morgan fingerprint density at radius 1 is 0.964 bits per heavy atom. The second-order valence-corrected chi connectivity index (χ2v) is 6.88. The Hall–Kier alpha value is -3.58. The smallest absolute Gasteiger partial charge is 0.339 e. The Labute approximate surface area is 163 Å². The van der Waals surface area contributed by atoms with Crippen LogP contribution in [0.3, 0.4) is 0 Å². The number of nitrogens with one attached hydrogen (secondary N) is 1. The number of ketones is 1. The molecule has 4 rings (SSSR count). The van der Waals surface area contributed by atoms with Crippen LogP contribution < -0.4 is 5.56 Å². The van der Waals surface area contributed by atoms with Crippen molar-refractivity contribution in [2.45, 2.75) is 6.61 Å². The fourth-order valence-electron chi connectivity index (χ4n) is 2.81. The molecule has 0 aliphatic rings. The molecular weight excluding hydrogens is 376 g/mol. The standard InChI is InChI=1S/C21H14N2O4S/c24-18(13-6-2-1-3-7-13)14-8-4-5-9-15(14)21(26)27-12-17-22-16-10-11-28-19(16)20(25)23-17/h1-11H,12H2,(H,22,23,25). The summed E-state index contributed by atoms with van der Waals surface area (Å²) in [5.41, 5.74) is 1.19. The molecule has 4 aromatic rings. The quantitative estimate of drug-likeness (QED) is 0.416.